The van der Waals surface area contributed by atoms with E-state index in [1.807, 2.05) is 31.3 Å². The van der Waals surface area contributed by atoms with Gasteiger partial charge in [-0.25, -0.2) is 8.78 Å². The molecule has 0 heterocycles. The van der Waals surface area contributed by atoms with Gasteiger partial charge in [-0.2, -0.15) is 5.26 Å². The second kappa shape index (κ2) is 17.3. The van der Waals surface area contributed by atoms with Crippen molar-refractivity contribution in [2.45, 2.75) is 63.3 Å². The predicted molar refractivity (Wildman–Crippen MR) is 178 cm³/mol. The second-order valence-electron chi connectivity index (χ2n) is 11.4. The Balaban J connectivity index is 0.00000353. The molecule has 240 valence electrons. The van der Waals surface area contributed by atoms with E-state index >= 15 is 0 Å². The van der Waals surface area contributed by atoms with Crippen molar-refractivity contribution in [3.05, 3.63) is 106 Å². The van der Waals surface area contributed by atoms with Crippen molar-refractivity contribution in [1.29, 1.82) is 5.26 Å². The monoisotopic (exact) mass is 656 g/mol. The zero-order valence-corrected chi connectivity index (χ0v) is 27.1. The number of unbranched alkanes of at least 4 members (excludes halogenated alkanes) is 1. The largest absolute Gasteiger partial charge is 0.390 e. The minimum atomic E-state index is -1.10. The van der Waals surface area contributed by atoms with E-state index in [-0.39, 0.29) is 48.9 Å². The Hall–Kier alpha value is -3.50. The van der Waals surface area contributed by atoms with Gasteiger partial charge in [0.2, 0.25) is 0 Å². The van der Waals surface area contributed by atoms with Crippen molar-refractivity contribution in [3.63, 3.8) is 0 Å². The van der Waals surface area contributed by atoms with Crippen LogP contribution < -0.4 is 10.6 Å². The molecule has 1 aliphatic carbocycles. The fourth-order valence-corrected chi connectivity index (χ4v) is 5.36. The summed E-state index contributed by atoms with van der Waals surface area (Å²) in [6, 6.07) is 17.1. The van der Waals surface area contributed by atoms with E-state index in [1.54, 1.807) is 12.1 Å². The van der Waals surface area contributed by atoms with E-state index in [0.29, 0.717) is 17.7 Å². The highest BCUT2D eigenvalue weighted by atomic mass is 35.5. The summed E-state index contributed by atoms with van der Waals surface area (Å²) in [6.07, 6.45) is 8.29. The molecule has 45 heavy (non-hydrogen) atoms. The molecule has 1 aliphatic rings. The van der Waals surface area contributed by atoms with E-state index in [9.17, 15) is 23.9 Å². The molecule has 6 nitrogen and oxygen atoms in total. The average molecular weight is 658 g/mol. The number of aliphatic hydroxyl groups excluding tert-OH is 1. The maximum atomic E-state index is 14.0. The summed E-state index contributed by atoms with van der Waals surface area (Å²) in [5.74, 6) is 0.680. The molecule has 0 spiro atoms. The Labute approximate surface area is 277 Å². The van der Waals surface area contributed by atoms with Crippen molar-refractivity contribution >= 4 is 30.7 Å². The van der Waals surface area contributed by atoms with Crippen LogP contribution in [-0.2, 0) is 18.5 Å². The molecular weight excluding hydrogens is 617 g/mol. The minimum absolute atomic E-state index is 0. The summed E-state index contributed by atoms with van der Waals surface area (Å²) >= 11 is 0. The quantitative estimate of drug-likeness (QED) is 0.189. The lowest BCUT2D eigenvalue weighted by Crippen LogP contribution is -2.50. The van der Waals surface area contributed by atoms with E-state index in [1.165, 1.54) is 18.2 Å². The van der Waals surface area contributed by atoms with Crippen LogP contribution in [0.4, 0.5) is 8.78 Å². The molecule has 1 amide bonds. The number of nitrogens with zero attached hydrogens (tertiary/aromatic N) is 2. The number of carbonyl (C=O) groups excluding carboxylic acids is 1. The molecule has 0 radical (unpaired) electrons. The van der Waals surface area contributed by atoms with Gasteiger partial charge in [-0.15, -0.1) is 31.2 Å². The Bertz CT molecular complexity index is 1510. The standard InChI is InChI=1S/C35H38F2N4O2.2ClH/c1-4-6-12-41(3)23-27-13-26(21-38)14-28(15-27)34(43)40-32(19-25-17-30(36)20-31(37)18-25)33(42)22-39-35(10-11-35)29-9-7-8-24(5-2)16-29;;/h2,7-9,13-18,20,32-33,39,42H,4,6,10-12,19,22-23H2,1,3H3,(H,40,43);2*1H/t32-,33+;;/m0../s1. The lowest BCUT2D eigenvalue weighted by molar-refractivity contribution is 0.0822. The number of benzene rings is 3. The fraction of sp³-hybridized carbons (Fsp3) is 0.371. The highest BCUT2D eigenvalue weighted by Crippen LogP contribution is 2.45. The Kier molecular flexibility index (Phi) is 14.5. The first-order valence-electron chi connectivity index (χ1n) is 14.6. The van der Waals surface area contributed by atoms with Gasteiger partial charge in [0.1, 0.15) is 11.6 Å². The van der Waals surface area contributed by atoms with Crippen LogP contribution in [0, 0.1) is 35.3 Å². The summed E-state index contributed by atoms with van der Waals surface area (Å²) in [5.41, 5.74) is 3.19. The number of halogens is 4. The molecule has 3 N–H and O–H groups in total. The molecule has 3 aromatic carbocycles. The molecular formula is C35H40Cl2F2N4O2. The lowest BCUT2D eigenvalue weighted by atomic mass is 9.98. The van der Waals surface area contributed by atoms with Crippen LogP contribution in [0.2, 0.25) is 0 Å². The molecule has 0 aromatic heterocycles. The predicted octanol–water partition coefficient (Wildman–Crippen LogP) is 5.87. The summed E-state index contributed by atoms with van der Waals surface area (Å²) in [7, 11) is 1.99. The van der Waals surface area contributed by atoms with Gasteiger partial charge in [-0.1, -0.05) is 31.4 Å². The number of amides is 1. The third-order valence-electron chi connectivity index (χ3n) is 7.87. The number of terminal acetylenes is 1. The molecule has 1 fully saturated rings. The Morgan fingerprint density at radius 3 is 2.40 bits per heavy atom. The number of nitrogens with one attached hydrogen (secondary N) is 2. The van der Waals surface area contributed by atoms with E-state index in [0.717, 1.165) is 55.0 Å². The topological polar surface area (TPSA) is 88.4 Å². The van der Waals surface area contributed by atoms with Crippen molar-refractivity contribution in [2.24, 2.45) is 0 Å². The summed E-state index contributed by atoms with van der Waals surface area (Å²) in [6.45, 7) is 3.69. The zero-order chi connectivity index (χ0) is 31.0. The van der Waals surface area contributed by atoms with Crippen molar-refractivity contribution in [1.82, 2.24) is 15.5 Å². The number of hydrogen-bond donors (Lipinski definition) is 3. The van der Waals surface area contributed by atoms with Crippen LogP contribution in [0.5, 0.6) is 0 Å². The number of rotatable bonds is 14. The van der Waals surface area contributed by atoms with Gasteiger partial charge in [0, 0.05) is 35.8 Å². The van der Waals surface area contributed by atoms with E-state index in [2.05, 4.69) is 34.4 Å². The third kappa shape index (κ3) is 10.5. The number of aliphatic hydroxyl groups is 1. The maximum absolute atomic E-state index is 14.0. The first-order chi connectivity index (χ1) is 20.6. The molecule has 0 saturated heterocycles. The summed E-state index contributed by atoms with van der Waals surface area (Å²) < 4.78 is 28.1. The molecule has 0 unspecified atom stereocenters. The van der Waals surface area contributed by atoms with Gasteiger partial charge in [-0.3, -0.25) is 4.79 Å². The molecule has 0 aliphatic heterocycles. The summed E-state index contributed by atoms with van der Waals surface area (Å²) in [5, 5.41) is 27.3. The van der Waals surface area contributed by atoms with Crippen LogP contribution in [-0.4, -0.2) is 48.2 Å². The number of carbonyl (C=O) groups is 1. The van der Waals surface area contributed by atoms with Gasteiger partial charge < -0.3 is 20.6 Å². The van der Waals surface area contributed by atoms with Crippen molar-refractivity contribution in [2.75, 3.05) is 20.1 Å². The Morgan fingerprint density at radius 2 is 1.78 bits per heavy atom. The highest BCUT2D eigenvalue weighted by molar-refractivity contribution is 5.95. The molecule has 0 bridgehead atoms. The van der Waals surface area contributed by atoms with Gasteiger partial charge >= 0.3 is 0 Å². The van der Waals surface area contributed by atoms with E-state index < -0.39 is 29.7 Å². The Morgan fingerprint density at radius 1 is 1.07 bits per heavy atom. The molecule has 3 aromatic rings. The smallest absolute Gasteiger partial charge is 0.251 e. The van der Waals surface area contributed by atoms with Crippen molar-refractivity contribution < 1.29 is 18.7 Å². The fourth-order valence-electron chi connectivity index (χ4n) is 5.36. The van der Waals surface area contributed by atoms with Gasteiger partial charge in [0.05, 0.1) is 23.8 Å². The van der Waals surface area contributed by atoms with Crippen LogP contribution in [0.1, 0.15) is 70.8 Å². The van der Waals surface area contributed by atoms with E-state index in [4.69, 9.17) is 6.42 Å². The summed E-state index contributed by atoms with van der Waals surface area (Å²) in [4.78, 5) is 15.7. The zero-order valence-electron chi connectivity index (χ0n) is 25.5. The molecule has 10 heteroatoms. The first-order valence-corrected chi connectivity index (χ1v) is 14.6. The third-order valence-corrected chi connectivity index (χ3v) is 7.87. The number of nitriles is 1. The molecule has 2 atom stereocenters. The normalized spacial score (nSPS) is 14.2. The molecule has 4 rings (SSSR count). The van der Waals surface area contributed by atoms with Gasteiger partial charge in [-0.05, 0) is 98.4 Å². The van der Waals surface area contributed by atoms with Crippen LogP contribution in [0.3, 0.4) is 0 Å². The van der Waals surface area contributed by atoms with Crippen LogP contribution in [0.25, 0.3) is 0 Å². The lowest BCUT2D eigenvalue weighted by Gasteiger charge is -2.27. The van der Waals surface area contributed by atoms with Gasteiger partial charge in [0.25, 0.3) is 5.91 Å². The first kappa shape index (κ1) is 37.7. The average Bonchev–Trinajstić information content (AvgIpc) is 3.79. The second-order valence-corrected chi connectivity index (χ2v) is 11.4. The maximum Gasteiger partial charge on any atom is 0.251 e. The minimum Gasteiger partial charge on any atom is -0.390 e. The number of hydrogen-bond acceptors (Lipinski definition) is 5. The highest BCUT2D eigenvalue weighted by Gasteiger charge is 2.44. The van der Waals surface area contributed by atoms with Crippen LogP contribution >= 0.6 is 24.8 Å². The van der Waals surface area contributed by atoms with Gasteiger partial charge in [0.15, 0.2) is 0 Å². The van der Waals surface area contributed by atoms with Crippen LogP contribution in [0.15, 0.2) is 60.7 Å². The SMILES string of the molecule is C#Cc1cccc(C2(NC[C@@H](O)[C@H](Cc3cc(F)cc(F)c3)NC(=O)c3cc(C#N)cc(CN(C)CCCC)c3)CC2)c1.Cl.Cl. The van der Waals surface area contributed by atoms with Crippen molar-refractivity contribution in [3.8, 4) is 18.4 Å². The molecule has 1 saturated carbocycles.